The molecule has 54 valence electrons. The van der Waals surface area contributed by atoms with E-state index in [0.717, 1.165) is 6.42 Å². The number of rotatable bonds is 2. The molecule has 0 aliphatic heterocycles. The molecule has 0 aromatic rings. The molecule has 0 bridgehead atoms. The van der Waals surface area contributed by atoms with Crippen LogP contribution in [0, 0.1) is 0 Å². The second-order valence-corrected chi connectivity index (χ2v) is 2.36. The molecule has 0 spiro atoms. The van der Waals surface area contributed by atoms with Gasteiger partial charge in [-0.15, -0.1) is 0 Å². The van der Waals surface area contributed by atoms with Gasteiger partial charge >= 0.3 is 0 Å². The normalized spacial score (nSPS) is 23.4. The SMILES string of the molecule is C=C=COC1C=CCCC1. The summed E-state index contributed by atoms with van der Waals surface area (Å²) in [6, 6.07) is 0. The van der Waals surface area contributed by atoms with Crippen LogP contribution >= 0.6 is 0 Å². The summed E-state index contributed by atoms with van der Waals surface area (Å²) in [6.07, 6.45) is 9.59. The third-order valence-corrected chi connectivity index (χ3v) is 1.54. The molecule has 0 amide bonds. The Balaban J connectivity index is 2.32. The molecule has 1 aliphatic rings. The van der Waals surface area contributed by atoms with Gasteiger partial charge in [0, 0.05) is 0 Å². The molecular weight excluding hydrogens is 124 g/mol. The molecule has 1 unspecified atom stereocenters. The quantitative estimate of drug-likeness (QED) is 0.322. The molecule has 0 radical (unpaired) electrons. The molecule has 0 aromatic carbocycles. The summed E-state index contributed by atoms with van der Waals surface area (Å²) >= 11 is 0. The molecule has 1 aliphatic carbocycles. The topological polar surface area (TPSA) is 9.23 Å². The van der Waals surface area contributed by atoms with Crippen LogP contribution in [0.15, 0.2) is 30.7 Å². The third-order valence-electron chi connectivity index (χ3n) is 1.54. The Morgan fingerprint density at radius 3 is 3.20 bits per heavy atom. The highest BCUT2D eigenvalue weighted by molar-refractivity contribution is 4.94. The van der Waals surface area contributed by atoms with Crippen molar-refractivity contribution < 1.29 is 4.74 Å². The van der Waals surface area contributed by atoms with Crippen LogP contribution in [0.2, 0.25) is 0 Å². The molecule has 1 rings (SSSR count). The molecule has 0 aromatic heterocycles. The summed E-state index contributed by atoms with van der Waals surface area (Å²) in [7, 11) is 0. The lowest BCUT2D eigenvalue weighted by Gasteiger charge is -2.14. The van der Waals surface area contributed by atoms with Crippen molar-refractivity contribution in [1.29, 1.82) is 0 Å². The first kappa shape index (κ1) is 7.17. The predicted octanol–water partition coefficient (Wildman–Crippen LogP) is 2.41. The number of hydrogen-bond donors (Lipinski definition) is 0. The van der Waals surface area contributed by atoms with Gasteiger partial charge < -0.3 is 4.74 Å². The first-order chi connectivity index (χ1) is 4.93. The number of hydrogen-bond acceptors (Lipinski definition) is 1. The summed E-state index contributed by atoms with van der Waals surface area (Å²) < 4.78 is 5.25. The van der Waals surface area contributed by atoms with E-state index in [1.54, 1.807) is 0 Å². The maximum atomic E-state index is 5.25. The smallest absolute Gasteiger partial charge is 0.125 e. The molecule has 0 saturated heterocycles. The van der Waals surface area contributed by atoms with E-state index in [4.69, 9.17) is 4.74 Å². The van der Waals surface area contributed by atoms with E-state index < -0.39 is 0 Å². The van der Waals surface area contributed by atoms with Crippen LogP contribution in [0.3, 0.4) is 0 Å². The van der Waals surface area contributed by atoms with E-state index in [2.05, 4.69) is 24.5 Å². The Kier molecular flexibility index (Phi) is 2.85. The van der Waals surface area contributed by atoms with E-state index in [0.29, 0.717) is 0 Å². The van der Waals surface area contributed by atoms with Gasteiger partial charge in [0.2, 0.25) is 0 Å². The van der Waals surface area contributed by atoms with Crippen molar-refractivity contribution in [3.8, 4) is 0 Å². The van der Waals surface area contributed by atoms with E-state index in [1.807, 2.05) is 0 Å². The number of ether oxygens (including phenoxy) is 1. The Hall–Kier alpha value is -0.940. The molecule has 1 heteroatoms. The fourth-order valence-corrected chi connectivity index (χ4v) is 1.03. The van der Waals surface area contributed by atoms with Crippen molar-refractivity contribution in [2.45, 2.75) is 25.4 Å². The standard InChI is InChI=1S/C9H12O/c1-2-8-10-9-6-4-3-5-7-9/h4,6,8-9H,1,3,5,7H2. The molecule has 0 fully saturated rings. The van der Waals surface area contributed by atoms with Crippen LogP contribution in [0.1, 0.15) is 19.3 Å². The lowest BCUT2D eigenvalue weighted by Crippen LogP contribution is -2.08. The van der Waals surface area contributed by atoms with E-state index in [-0.39, 0.29) is 6.10 Å². The summed E-state index contributed by atoms with van der Waals surface area (Å²) in [6.45, 7) is 3.42. The molecule has 1 atom stereocenters. The van der Waals surface area contributed by atoms with Crippen LogP contribution in [-0.2, 0) is 4.74 Å². The first-order valence-electron chi connectivity index (χ1n) is 3.60. The summed E-state index contributed by atoms with van der Waals surface area (Å²) in [5.41, 5.74) is 2.58. The van der Waals surface area contributed by atoms with Crippen molar-refractivity contribution in [3.63, 3.8) is 0 Å². The van der Waals surface area contributed by atoms with Gasteiger partial charge in [-0.05, 0) is 25.3 Å². The predicted molar refractivity (Wildman–Crippen MR) is 41.6 cm³/mol. The van der Waals surface area contributed by atoms with E-state index >= 15 is 0 Å². The van der Waals surface area contributed by atoms with Gasteiger partial charge in [-0.3, -0.25) is 0 Å². The minimum absolute atomic E-state index is 0.267. The van der Waals surface area contributed by atoms with Crippen LogP contribution in [0.4, 0.5) is 0 Å². The highest BCUT2D eigenvalue weighted by Gasteiger charge is 2.05. The van der Waals surface area contributed by atoms with Crippen molar-refractivity contribution in [2.24, 2.45) is 0 Å². The minimum atomic E-state index is 0.267. The van der Waals surface area contributed by atoms with Gasteiger partial charge in [0.1, 0.15) is 12.4 Å². The van der Waals surface area contributed by atoms with Gasteiger partial charge in [0.05, 0.1) is 0 Å². The second-order valence-electron chi connectivity index (χ2n) is 2.36. The molecule has 10 heavy (non-hydrogen) atoms. The second kappa shape index (κ2) is 3.97. The number of allylic oxidation sites excluding steroid dienone is 1. The zero-order valence-electron chi connectivity index (χ0n) is 6.05. The summed E-state index contributed by atoms with van der Waals surface area (Å²) in [5, 5.41) is 0. The maximum absolute atomic E-state index is 5.25. The van der Waals surface area contributed by atoms with Crippen LogP contribution in [0.25, 0.3) is 0 Å². The first-order valence-corrected chi connectivity index (χ1v) is 3.60. The minimum Gasteiger partial charge on any atom is -0.486 e. The Labute approximate surface area is 61.7 Å². The van der Waals surface area contributed by atoms with Gasteiger partial charge in [0.25, 0.3) is 0 Å². The molecule has 0 saturated carbocycles. The third kappa shape index (κ3) is 2.12. The Morgan fingerprint density at radius 1 is 1.70 bits per heavy atom. The average molecular weight is 136 g/mol. The largest absolute Gasteiger partial charge is 0.486 e. The zero-order valence-corrected chi connectivity index (χ0v) is 6.05. The van der Waals surface area contributed by atoms with Gasteiger partial charge in [0.15, 0.2) is 0 Å². The maximum Gasteiger partial charge on any atom is 0.125 e. The van der Waals surface area contributed by atoms with Crippen LogP contribution in [0.5, 0.6) is 0 Å². The molecule has 0 heterocycles. The van der Waals surface area contributed by atoms with Crippen molar-refractivity contribution in [1.82, 2.24) is 0 Å². The van der Waals surface area contributed by atoms with Gasteiger partial charge in [-0.1, -0.05) is 18.4 Å². The molecule has 0 N–H and O–H groups in total. The van der Waals surface area contributed by atoms with Crippen molar-refractivity contribution in [2.75, 3.05) is 0 Å². The average Bonchev–Trinajstić information content (AvgIpc) is 2.03. The van der Waals surface area contributed by atoms with E-state index in [1.165, 1.54) is 19.1 Å². The Bertz CT molecular complexity index is 164. The van der Waals surface area contributed by atoms with Crippen LogP contribution < -0.4 is 0 Å². The lowest BCUT2D eigenvalue weighted by molar-refractivity contribution is 0.171. The Morgan fingerprint density at radius 2 is 2.60 bits per heavy atom. The highest BCUT2D eigenvalue weighted by Crippen LogP contribution is 2.13. The van der Waals surface area contributed by atoms with Gasteiger partial charge in [-0.25, -0.2) is 0 Å². The lowest BCUT2D eigenvalue weighted by atomic mass is 10.1. The fourth-order valence-electron chi connectivity index (χ4n) is 1.03. The summed E-state index contributed by atoms with van der Waals surface area (Å²) in [4.78, 5) is 0. The highest BCUT2D eigenvalue weighted by atomic mass is 16.5. The summed E-state index contributed by atoms with van der Waals surface area (Å²) in [5.74, 6) is 0. The zero-order chi connectivity index (χ0) is 7.23. The van der Waals surface area contributed by atoms with E-state index in [9.17, 15) is 0 Å². The molecular formula is C9H12O. The van der Waals surface area contributed by atoms with Crippen molar-refractivity contribution in [3.05, 3.63) is 30.7 Å². The van der Waals surface area contributed by atoms with Gasteiger partial charge in [-0.2, -0.15) is 0 Å². The monoisotopic (exact) mass is 136 g/mol. The van der Waals surface area contributed by atoms with Crippen LogP contribution in [-0.4, -0.2) is 6.10 Å². The van der Waals surface area contributed by atoms with Crippen molar-refractivity contribution >= 4 is 0 Å². The molecule has 1 nitrogen and oxygen atoms in total. The fraction of sp³-hybridized carbons (Fsp3) is 0.444.